The zero-order chi connectivity index (χ0) is 24.2. The zero-order valence-electron chi connectivity index (χ0n) is 17.6. The maximum atomic E-state index is 14.0. The van der Waals surface area contributed by atoms with Crippen molar-refractivity contribution in [3.63, 3.8) is 0 Å². The third-order valence-electron chi connectivity index (χ3n) is 4.51. The molecule has 0 fully saturated rings. The SMILES string of the molecule is Cc1cccc(NC(=O)C(C)OC(=O)c2ccccc2NS(=O)(=O)c2cc(F)ccc2F)c1. The third kappa shape index (κ3) is 5.92. The topological polar surface area (TPSA) is 102 Å². The lowest BCUT2D eigenvalue weighted by atomic mass is 10.2. The van der Waals surface area contributed by atoms with E-state index in [-0.39, 0.29) is 11.3 Å². The molecule has 0 saturated carbocycles. The minimum Gasteiger partial charge on any atom is -0.449 e. The van der Waals surface area contributed by atoms with Crippen molar-refractivity contribution in [2.24, 2.45) is 0 Å². The van der Waals surface area contributed by atoms with Crippen LogP contribution in [0.3, 0.4) is 0 Å². The van der Waals surface area contributed by atoms with E-state index >= 15 is 0 Å². The van der Waals surface area contributed by atoms with Gasteiger partial charge in [-0.05, 0) is 61.9 Å². The smallest absolute Gasteiger partial charge is 0.341 e. The number of carbonyl (C=O) groups is 2. The molecule has 3 rings (SSSR count). The molecule has 2 N–H and O–H groups in total. The van der Waals surface area contributed by atoms with Gasteiger partial charge in [0.15, 0.2) is 6.10 Å². The average molecular weight is 474 g/mol. The summed E-state index contributed by atoms with van der Waals surface area (Å²) in [6.07, 6.45) is -1.21. The Hall–Kier alpha value is -3.79. The Labute approximate surface area is 189 Å². The fraction of sp³-hybridized carbons (Fsp3) is 0.130. The number of carbonyl (C=O) groups excluding carboxylic acids is 2. The van der Waals surface area contributed by atoms with Gasteiger partial charge in [-0.2, -0.15) is 0 Å². The summed E-state index contributed by atoms with van der Waals surface area (Å²) in [4.78, 5) is 24.1. The number of para-hydroxylation sites is 1. The molecule has 0 aromatic heterocycles. The maximum Gasteiger partial charge on any atom is 0.341 e. The summed E-state index contributed by atoms with van der Waals surface area (Å²) in [5, 5.41) is 2.62. The van der Waals surface area contributed by atoms with Crippen LogP contribution in [-0.4, -0.2) is 26.4 Å². The summed E-state index contributed by atoms with van der Waals surface area (Å²) < 4.78 is 59.8. The summed E-state index contributed by atoms with van der Waals surface area (Å²) in [6, 6.07) is 14.4. The van der Waals surface area contributed by atoms with Crippen LogP contribution in [0, 0.1) is 18.6 Å². The number of aryl methyl sites for hydroxylation is 1. The van der Waals surface area contributed by atoms with E-state index in [0.717, 1.165) is 11.6 Å². The molecule has 0 bridgehead atoms. The Morgan fingerprint density at radius 1 is 0.970 bits per heavy atom. The van der Waals surface area contributed by atoms with Crippen LogP contribution in [0.4, 0.5) is 20.2 Å². The van der Waals surface area contributed by atoms with Crippen molar-refractivity contribution in [1.29, 1.82) is 0 Å². The number of rotatable bonds is 7. The first-order valence-corrected chi connectivity index (χ1v) is 11.2. The second kappa shape index (κ2) is 9.78. The number of halogens is 2. The Balaban J connectivity index is 1.77. The molecular weight excluding hydrogens is 454 g/mol. The monoisotopic (exact) mass is 474 g/mol. The Morgan fingerprint density at radius 2 is 1.70 bits per heavy atom. The fourth-order valence-corrected chi connectivity index (χ4v) is 4.05. The van der Waals surface area contributed by atoms with Crippen molar-refractivity contribution in [2.75, 3.05) is 10.0 Å². The molecule has 0 aliphatic rings. The summed E-state index contributed by atoms with van der Waals surface area (Å²) in [7, 11) is -4.56. The van der Waals surface area contributed by atoms with Crippen LogP contribution in [0.15, 0.2) is 71.6 Å². The molecule has 0 aliphatic heterocycles. The van der Waals surface area contributed by atoms with Gasteiger partial charge < -0.3 is 10.1 Å². The number of hydrogen-bond acceptors (Lipinski definition) is 5. The predicted molar refractivity (Wildman–Crippen MR) is 118 cm³/mol. The lowest BCUT2D eigenvalue weighted by Crippen LogP contribution is -2.30. The van der Waals surface area contributed by atoms with Gasteiger partial charge in [-0.3, -0.25) is 9.52 Å². The molecule has 3 aromatic carbocycles. The Kier molecular flexibility index (Phi) is 7.07. The highest BCUT2D eigenvalue weighted by atomic mass is 32.2. The summed E-state index contributed by atoms with van der Waals surface area (Å²) >= 11 is 0. The van der Waals surface area contributed by atoms with Crippen molar-refractivity contribution < 1.29 is 31.5 Å². The van der Waals surface area contributed by atoms with Crippen LogP contribution in [0.1, 0.15) is 22.8 Å². The van der Waals surface area contributed by atoms with Crippen LogP contribution in [0.2, 0.25) is 0 Å². The number of sulfonamides is 1. The molecule has 172 valence electrons. The van der Waals surface area contributed by atoms with Gasteiger partial charge in [-0.15, -0.1) is 0 Å². The Morgan fingerprint density at radius 3 is 2.42 bits per heavy atom. The predicted octanol–water partition coefficient (Wildman–Crippen LogP) is 4.26. The summed E-state index contributed by atoms with van der Waals surface area (Å²) in [5.74, 6) is -3.68. The van der Waals surface area contributed by atoms with E-state index in [1.165, 1.54) is 31.2 Å². The van der Waals surface area contributed by atoms with E-state index in [1.807, 2.05) is 13.0 Å². The first-order valence-electron chi connectivity index (χ1n) is 9.72. The lowest BCUT2D eigenvalue weighted by Gasteiger charge is -2.16. The zero-order valence-corrected chi connectivity index (χ0v) is 18.5. The van der Waals surface area contributed by atoms with Crippen LogP contribution in [0.25, 0.3) is 0 Å². The van der Waals surface area contributed by atoms with Crippen molar-refractivity contribution in [1.82, 2.24) is 0 Å². The van der Waals surface area contributed by atoms with E-state index < -0.39 is 44.5 Å². The van der Waals surface area contributed by atoms with Gasteiger partial charge >= 0.3 is 5.97 Å². The normalized spacial score (nSPS) is 12.0. The third-order valence-corrected chi connectivity index (χ3v) is 5.89. The highest BCUT2D eigenvalue weighted by Gasteiger charge is 2.25. The van der Waals surface area contributed by atoms with Gasteiger partial charge in [0.2, 0.25) is 0 Å². The molecule has 1 unspecified atom stereocenters. The van der Waals surface area contributed by atoms with E-state index in [4.69, 9.17) is 4.74 Å². The molecule has 33 heavy (non-hydrogen) atoms. The van der Waals surface area contributed by atoms with Crippen LogP contribution >= 0.6 is 0 Å². The molecule has 3 aromatic rings. The van der Waals surface area contributed by atoms with Crippen molar-refractivity contribution in [2.45, 2.75) is 24.8 Å². The molecule has 0 aliphatic carbocycles. The van der Waals surface area contributed by atoms with Gasteiger partial charge in [0.05, 0.1) is 11.3 Å². The summed E-state index contributed by atoms with van der Waals surface area (Å²) in [6.45, 7) is 3.21. The molecule has 10 heteroatoms. The van der Waals surface area contributed by atoms with Crippen molar-refractivity contribution >= 4 is 33.3 Å². The number of esters is 1. The van der Waals surface area contributed by atoms with Crippen LogP contribution in [0.5, 0.6) is 0 Å². The second-order valence-electron chi connectivity index (χ2n) is 7.13. The maximum absolute atomic E-state index is 14.0. The molecule has 7 nitrogen and oxygen atoms in total. The largest absolute Gasteiger partial charge is 0.449 e. The highest BCUT2D eigenvalue weighted by molar-refractivity contribution is 7.92. The van der Waals surface area contributed by atoms with E-state index in [2.05, 4.69) is 10.0 Å². The van der Waals surface area contributed by atoms with Crippen LogP contribution in [-0.2, 0) is 19.6 Å². The second-order valence-corrected chi connectivity index (χ2v) is 8.78. The first kappa shape index (κ1) is 23.9. The van der Waals surface area contributed by atoms with Crippen molar-refractivity contribution in [3.05, 3.63) is 89.5 Å². The first-order chi connectivity index (χ1) is 15.6. The standard InChI is InChI=1S/C23H20F2N2O5S/c1-14-6-5-7-17(12-14)26-22(28)15(2)32-23(29)18-8-3-4-9-20(18)27-33(30,31)21-13-16(24)10-11-19(21)25/h3-13,15,27H,1-2H3,(H,26,28). The van der Waals surface area contributed by atoms with Gasteiger partial charge in [-0.1, -0.05) is 24.3 Å². The quantitative estimate of drug-likeness (QED) is 0.499. The fourth-order valence-electron chi connectivity index (χ4n) is 2.88. The lowest BCUT2D eigenvalue weighted by molar-refractivity contribution is -0.123. The average Bonchev–Trinajstić information content (AvgIpc) is 2.75. The number of ether oxygens (including phenoxy) is 1. The minimum atomic E-state index is -4.56. The molecule has 1 atom stereocenters. The van der Waals surface area contributed by atoms with E-state index in [1.54, 1.807) is 18.2 Å². The van der Waals surface area contributed by atoms with Gasteiger partial charge in [-0.25, -0.2) is 22.0 Å². The number of hydrogen-bond donors (Lipinski definition) is 2. The Bertz CT molecular complexity index is 1310. The highest BCUT2D eigenvalue weighted by Crippen LogP contribution is 2.23. The molecule has 0 radical (unpaired) electrons. The number of amides is 1. The van der Waals surface area contributed by atoms with Gasteiger partial charge in [0.1, 0.15) is 16.5 Å². The summed E-state index contributed by atoms with van der Waals surface area (Å²) in [5.41, 5.74) is 1.01. The molecular formula is C23H20F2N2O5S. The molecule has 0 heterocycles. The number of nitrogens with one attached hydrogen (secondary N) is 2. The molecule has 0 spiro atoms. The van der Waals surface area contributed by atoms with E-state index in [0.29, 0.717) is 17.8 Å². The van der Waals surface area contributed by atoms with Crippen LogP contribution < -0.4 is 10.0 Å². The number of anilines is 2. The number of benzene rings is 3. The minimum absolute atomic E-state index is 0.215. The molecule has 1 amide bonds. The van der Waals surface area contributed by atoms with Gasteiger partial charge in [0.25, 0.3) is 15.9 Å². The van der Waals surface area contributed by atoms with Gasteiger partial charge in [0, 0.05) is 5.69 Å². The molecule has 0 saturated heterocycles. The van der Waals surface area contributed by atoms with E-state index in [9.17, 15) is 26.8 Å². The van der Waals surface area contributed by atoms with Crippen molar-refractivity contribution in [3.8, 4) is 0 Å².